The molecule has 0 bridgehead atoms. The molecule has 1 atom stereocenters. The van der Waals surface area contributed by atoms with Gasteiger partial charge in [-0.1, -0.05) is 20.8 Å². The van der Waals surface area contributed by atoms with Crippen molar-refractivity contribution in [3.8, 4) is 0 Å². The smallest absolute Gasteiger partial charge is 0.0722 e. The van der Waals surface area contributed by atoms with Gasteiger partial charge in [-0.3, -0.25) is 0 Å². The van der Waals surface area contributed by atoms with Crippen LogP contribution in [0, 0.1) is 5.92 Å². The van der Waals surface area contributed by atoms with Gasteiger partial charge < -0.3 is 10.1 Å². The molecule has 1 unspecified atom stereocenters. The predicted octanol–water partition coefficient (Wildman–Crippen LogP) is 2.19. The van der Waals surface area contributed by atoms with Crippen LogP contribution in [-0.4, -0.2) is 25.3 Å². The third-order valence-corrected chi connectivity index (χ3v) is 2.46. The van der Waals surface area contributed by atoms with Gasteiger partial charge in [0.1, 0.15) is 0 Å². The van der Waals surface area contributed by atoms with Gasteiger partial charge in [-0.15, -0.1) is 0 Å². The first kappa shape index (κ1) is 11.0. The molecule has 2 heteroatoms. The number of hydrogen-bond donors (Lipinski definition) is 1. The minimum Gasteiger partial charge on any atom is -0.377 e. The van der Waals surface area contributed by atoms with E-state index in [1.807, 2.05) is 0 Å². The summed E-state index contributed by atoms with van der Waals surface area (Å²) in [5.41, 5.74) is 0. The molecular formula is C11H23NO. The van der Waals surface area contributed by atoms with Gasteiger partial charge in [0.15, 0.2) is 0 Å². The van der Waals surface area contributed by atoms with Crippen molar-refractivity contribution in [3.05, 3.63) is 0 Å². The Hall–Kier alpha value is -0.0800. The van der Waals surface area contributed by atoms with Crippen LogP contribution in [0.5, 0.6) is 0 Å². The van der Waals surface area contributed by atoms with Crippen LogP contribution in [0.25, 0.3) is 0 Å². The lowest BCUT2D eigenvalue weighted by atomic mass is 10.1. The van der Waals surface area contributed by atoms with Crippen molar-refractivity contribution in [2.45, 2.75) is 52.2 Å². The van der Waals surface area contributed by atoms with Crippen molar-refractivity contribution in [2.75, 3.05) is 13.2 Å². The molecule has 1 fully saturated rings. The van der Waals surface area contributed by atoms with Crippen LogP contribution in [0.15, 0.2) is 0 Å². The van der Waals surface area contributed by atoms with E-state index in [-0.39, 0.29) is 0 Å². The van der Waals surface area contributed by atoms with Crippen LogP contribution in [0.1, 0.15) is 40.0 Å². The molecule has 0 aromatic carbocycles. The summed E-state index contributed by atoms with van der Waals surface area (Å²) in [5.74, 6) is 0.623. The zero-order valence-electron chi connectivity index (χ0n) is 9.18. The van der Waals surface area contributed by atoms with E-state index in [1.54, 1.807) is 0 Å². The minimum atomic E-state index is 0.403. The molecule has 1 N–H and O–H groups in total. The molecular weight excluding hydrogens is 162 g/mol. The Kier molecular flexibility index (Phi) is 4.74. The maximum atomic E-state index is 5.77. The quantitative estimate of drug-likeness (QED) is 0.656. The van der Waals surface area contributed by atoms with Crippen LogP contribution < -0.4 is 5.32 Å². The Balaban J connectivity index is 2.11. The van der Waals surface area contributed by atoms with Gasteiger partial charge in [-0.25, -0.2) is 0 Å². The van der Waals surface area contributed by atoms with Crippen LogP contribution in [0.2, 0.25) is 0 Å². The second kappa shape index (κ2) is 5.61. The molecule has 13 heavy (non-hydrogen) atoms. The van der Waals surface area contributed by atoms with E-state index in [9.17, 15) is 0 Å². The second-order valence-corrected chi connectivity index (χ2v) is 4.34. The normalized spacial score (nSPS) is 19.4. The fourth-order valence-electron chi connectivity index (χ4n) is 1.33. The summed E-state index contributed by atoms with van der Waals surface area (Å²) in [7, 11) is 0. The first-order chi connectivity index (χ1) is 6.24. The van der Waals surface area contributed by atoms with E-state index >= 15 is 0 Å². The molecule has 0 saturated heterocycles. The van der Waals surface area contributed by atoms with E-state index < -0.39 is 0 Å². The maximum Gasteiger partial charge on any atom is 0.0722 e. The summed E-state index contributed by atoms with van der Waals surface area (Å²) in [6.45, 7) is 8.55. The molecule has 0 amide bonds. The van der Waals surface area contributed by atoms with Gasteiger partial charge in [0.05, 0.1) is 6.10 Å². The van der Waals surface area contributed by atoms with Gasteiger partial charge in [-0.2, -0.15) is 0 Å². The SMILES string of the molecule is CCCOC(CNC1CC1)C(C)C. The highest BCUT2D eigenvalue weighted by molar-refractivity contribution is 4.82. The van der Waals surface area contributed by atoms with Crippen molar-refractivity contribution < 1.29 is 4.74 Å². The highest BCUT2D eigenvalue weighted by Crippen LogP contribution is 2.19. The molecule has 78 valence electrons. The lowest BCUT2D eigenvalue weighted by Crippen LogP contribution is -2.34. The molecule has 1 saturated carbocycles. The first-order valence-electron chi connectivity index (χ1n) is 5.59. The minimum absolute atomic E-state index is 0.403. The Bertz CT molecular complexity index is 132. The summed E-state index contributed by atoms with van der Waals surface area (Å²) >= 11 is 0. The number of ether oxygens (including phenoxy) is 1. The highest BCUT2D eigenvalue weighted by atomic mass is 16.5. The zero-order valence-corrected chi connectivity index (χ0v) is 9.18. The standard InChI is InChI=1S/C11H23NO/c1-4-7-13-11(9(2)3)8-12-10-5-6-10/h9-12H,4-8H2,1-3H3. The topological polar surface area (TPSA) is 21.3 Å². The third kappa shape index (κ3) is 4.63. The van der Waals surface area contributed by atoms with Crippen LogP contribution in [0.4, 0.5) is 0 Å². The maximum absolute atomic E-state index is 5.77. The highest BCUT2D eigenvalue weighted by Gasteiger charge is 2.23. The lowest BCUT2D eigenvalue weighted by Gasteiger charge is -2.21. The predicted molar refractivity (Wildman–Crippen MR) is 55.9 cm³/mol. The van der Waals surface area contributed by atoms with E-state index in [4.69, 9.17) is 4.74 Å². The van der Waals surface area contributed by atoms with Crippen LogP contribution >= 0.6 is 0 Å². The van der Waals surface area contributed by atoms with Crippen molar-refractivity contribution >= 4 is 0 Å². The Morgan fingerprint density at radius 2 is 2.08 bits per heavy atom. The molecule has 0 radical (unpaired) electrons. The second-order valence-electron chi connectivity index (χ2n) is 4.34. The average molecular weight is 185 g/mol. The van der Waals surface area contributed by atoms with Crippen LogP contribution in [-0.2, 0) is 4.74 Å². The molecule has 0 aromatic rings. The van der Waals surface area contributed by atoms with Crippen molar-refractivity contribution in [1.82, 2.24) is 5.32 Å². The summed E-state index contributed by atoms with van der Waals surface area (Å²) in [6.07, 6.45) is 4.24. The number of hydrogen-bond acceptors (Lipinski definition) is 2. The molecule has 1 rings (SSSR count). The van der Waals surface area contributed by atoms with E-state index in [0.29, 0.717) is 12.0 Å². The number of nitrogens with one attached hydrogen (secondary N) is 1. The molecule has 0 aliphatic heterocycles. The average Bonchev–Trinajstić information content (AvgIpc) is 2.87. The lowest BCUT2D eigenvalue weighted by molar-refractivity contribution is 0.0231. The van der Waals surface area contributed by atoms with Gasteiger partial charge >= 0.3 is 0 Å². The molecule has 2 nitrogen and oxygen atoms in total. The van der Waals surface area contributed by atoms with Crippen LogP contribution in [0.3, 0.4) is 0 Å². The van der Waals surface area contributed by atoms with E-state index in [2.05, 4.69) is 26.1 Å². The summed E-state index contributed by atoms with van der Waals surface area (Å²) < 4.78 is 5.77. The summed E-state index contributed by atoms with van der Waals surface area (Å²) in [6, 6.07) is 0.798. The molecule has 1 aliphatic rings. The van der Waals surface area contributed by atoms with E-state index in [1.165, 1.54) is 12.8 Å². The Morgan fingerprint density at radius 3 is 2.54 bits per heavy atom. The van der Waals surface area contributed by atoms with Gasteiger partial charge in [0.25, 0.3) is 0 Å². The summed E-state index contributed by atoms with van der Waals surface area (Å²) in [5, 5.41) is 3.52. The Labute approximate surface area is 82.0 Å². The third-order valence-electron chi connectivity index (χ3n) is 2.46. The van der Waals surface area contributed by atoms with Crippen molar-refractivity contribution in [2.24, 2.45) is 5.92 Å². The summed E-state index contributed by atoms with van der Waals surface area (Å²) in [4.78, 5) is 0. The Morgan fingerprint density at radius 1 is 1.38 bits per heavy atom. The molecule has 0 spiro atoms. The monoisotopic (exact) mass is 185 g/mol. The molecule has 0 aromatic heterocycles. The van der Waals surface area contributed by atoms with Gasteiger partial charge in [0.2, 0.25) is 0 Å². The van der Waals surface area contributed by atoms with Crippen molar-refractivity contribution in [1.29, 1.82) is 0 Å². The number of rotatable bonds is 7. The fourth-order valence-corrected chi connectivity index (χ4v) is 1.33. The largest absolute Gasteiger partial charge is 0.377 e. The zero-order chi connectivity index (χ0) is 9.68. The van der Waals surface area contributed by atoms with E-state index in [0.717, 1.165) is 25.6 Å². The van der Waals surface area contributed by atoms with Crippen molar-refractivity contribution in [3.63, 3.8) is 0 Å². The molecule has 1 aliphatic carbocycles. The van der Waals surface area contributed by atoms with Gasteiger partial charge in [-0.05, 0) is 25.2 Å². The molecule has 0 heterocycles. The fraction of sp³-hybridized carbons (Fsp3) is 1.00. The van der Waals surface area contributed by atoms with Gasteiger partial charge in [0, 0.05) is 19.2 Å². The first-order valence-corrected chi connectivity index (χ1v) is 5.59.